The van der Waals surface area contributed by atoms with Gasteiger partial charge in [-0.3, -0.25) is 14.4 Å². The Morgan fingerprint density at radius 1 is 1.50 bits per heavy atom. The molecule has 2 amide bonds. The summed E-state index contributed by atoms with van der Waals surface area (Å²) < 4.78 is 0. The Morgan fingerprint density at radius 2 is 2.19 bits per heavy atom. The van der Waals surface area contributed by atoms with Crippen LogP contribution in [0.4, 0.5) is 0 Å². The van der Waals surface area contributed by atoms with Crippen molar-refractivity contribution >= 4 is 11.8 Å². The topological polar surface area (TPSA) is 105 Å². The molecule has 1 rings (SSSR count). The van der Waals surface area contributed by atoms with Crippen molar-refractivity contribution in [1.29, 1.82) is 0 Å². The molecule has 6 heteroatoms. The van der Waals surface area contributed by atoms with Crippen LogP contribution in [0.1, 0.15) is 23.8 Å². The monoisotopic (exact) mass is 223 g/mol. The molecule has 1 aromatic rings. The first-order chi connectivity index (χ1) is 7.49. The van der Waals surface area contributed by atoms with Gasteiger partial charge in [-0.25, -0.2) is 0 Å². The fraction of sp³-hybridized carbons (Fsp3) is 0.300. The van der Waals surface area contributed by atoms with Crippen LogP contribution in [0.3, 0.4) is 0 Å². The van der Waals surface area contributed by atoms with Crippen LogP contribution in [-0.2, 0) is 4.79 Å². The van der Waals surface area contributed by atoms with Crippen molar-refractivity contribution in [2.75, 3.05) is 0 Å². The highest BCUT2D eigenvalue weighted by atomic mass is 16.2. The first kappa shape index (κ1) is 12.0. The van der Waals surface area contributed by atoms with Crippen LogP contribution in [0, 0.1) is 0 Å². The first-order valence-corrected chi connectivity index (χ1v) is 4.77. The Balaban J connectivity index is 2.65. The van der Waals surface area contributed by atoms with Gasteiger partial charge in [0.2, 0.25) is 11.5 Å². The number of hydrogen-bond donors (Lipinski definition) is 3. The van der Waals surface area contributed by atoms with E-state index < -0.39 is 11.8 Å². The zero-order chi connectivity index (χ0) is 12.1. The van der Waals surface area contributed by atoms with Gasteiger partial charge in [-0.15, -0.1) is 0 Å². The van der Waals surface area contributed by atoms with E-state index in [0.717, 1.165) is 0 Å². The van der Waals surface area contributed by atoms with Gasteiger partial charge < -0.3 is 16.0 Å². The number of amides is 2. The number of aromatic nitrogens is 1. The largest absolute Gasteiger partial charge is 0.370 e. The summed E-state index contributed by atoms with van der Waals surface area (Å²) in [5.41, 5.74) is 4.79. The summed E-state index contributed by atoms with van der Waals surface area (Å²) in [5.74, 6) is -0.930. The molecule has 1 aromatic heterocycles. The summed E-state index contributed by atoms with van der Waals surface area (Å²) in [6, 6.07) is 3.90. The molecular weight excluding hydrogens is 210 g/mol. The number of carbonyl (C=O) groups is 2. The summed E-state index contributed by atoms with van der Waals surface area (Å²) in [7, 11) is 0. The predicted molar refractivity (Wildman–Crippen MR) is 57.8 cm³/mol. The second-order valence-electron chi connectivity index (χ2n) is 3.47. The molecule has 1 unspecified atom stereocenters. The standard InChI is InChI=1S/C10H13N3O3/c1-6(5-8(11)14)12-10(16)7-3-2-4-9(15)13-7/h2-4,6H,5H2,1H3,(H2,11,14)(H,12,16)(H,13,15). The number of H-pyrrole nitrogens is 1. The number of rotatable bonds is 4. The molecule has 0 bridgehead atoms. The summed E-state index contributed by atoms with van der Waals surface area (Å²) in [6.07, 6.45) is 0.0583. The molecule has 0 aromatic carbocycles. The van der Waals surface area contributed by atoms with Crippen molar-refractivity contribution in [1.82, 2.24) is 10.3 Å². The van der Waals surface area contributed by atoms with Gasteiger partial charge >= 0.3 is 0 Å². The minimum atomic E-state index is -0.491. The molecular formula is C10H13N3O3. The normalized spacial score (nSPS) is 11.8. The van der Waals surface area contributed by atoms with E-state index in [9.17, 15) is 14.4 Å². The number of aromatic amines is 1. The molecule has 0 saturated heterocycles. The van der Waals surface area contributed by atoms with Crippen molar-refractivity contribution in [2.24, 2.45) is 5.73 Å². The minimum absolute atomic E-state index is 0.0583. The highest BCUT2D eigenvalue weighted by Gasteiger charge is 2.11. The second kappa shape index (κ2) is 5.11. The Hall–Kier alpha value is -2.11. The molecule has 0 aliphatic carbocycles. The van der Waals surface area contributed by atoms with Gasteiger partial charge in [0.25, 0.3) is 5.91 Å². The number of carbonyl (C=O) groups excluding carboxylic acids is 2. The van der Waals surface area contributed by atoms with Gasteiger partial charge in [-0.2, -0.15) is 0 Å². The SMILES string of the molecule is CC(CC(N)=O)NC(=O)c1cccc(=O)[nH]1. The molecule has 1 atom stereocenters. The number of hydrogen-bond acceptors (Lipinski definition) is 3. The molecule has 0 spiro atoms. The molecule has 0 aliphatic heterocycles. The fourth-order valence-electron chi connectivity index (χ4n) is 1.23. The van der Waals surface area contributed by atoms with E-state index in [-0.39, 0.29) is 23.7 Å². The van der Waals surface area contributed by atoms with E-state index in [0.29, 0.717) is 0 Å². The highest BCUT2D eigenvalue weighted by molar-refractivity contribution is 5.92. The molecule has 0 aliphatic rings. The van der Waals surface area contributed by atoms with Gasteiger partial charge in [0, 0.05) is 18.5 Å². The van der Waals surface area contributed by atoms with E-state index in [4.69, 9.17) is 5.73 Å². The van der Waals surface area contributed by atoms with Crippen LogP contribution in [0.25, 0.3) is 0 Å². The number of primary amides is 1. The lowest BCUT2D eigenvalue weighted by Gasteiger charge is -2.11. The van der Waals surface area contributed by atoms with E-state index in [1.54, 1.807) is 6.92 Å². The number of nitrogens with one attached hydrogen (secondary N) is 2. The maximum absolute atomic E-state index is 11.6. The zero-order valence-corrected chi connectivity index (χ0v) is 8.82. The van der Waals surface area contributed by atoms with Crippen molar-refractivity contribution in [3.8, 4) is 0 Å². The maximum atomic E-state index is 11.6. The molecule has 1 heterocycles. The summed E-state index contributed by atoms with van der Waals surface area (Å²) in [4.78, 5) is 35.5. The molecule has 0 saturated carbocycles. The van der Waals surface area contributed by atoms with Crippen LogP contribution in [0.2, 0.25) is 0 Å². The fourth-order valence-corrected chi connectivity index (χ4v) is 1.23. The molecule has 86 valence electrons. The third kappa shape index (κ3) is 3.56. The summed E-state index contributed by atoms with van der Waals surface area (Å²) in [6.45, 7) is 1.66. The highest BCUT2D eigenvalue weighted by Crippen LogP contribution is 1.94. The minimum Gasteiger partial charge on any atom is -0.370 e. The van der Waals surface area contributed by atoms with Crippen molar-refractivity contribution in [3.63, 3.8) is 0 Å². The number of pyridine rings is 1. The lowest BCUT2D eigenvalue weighted by atomic mass is 10.2. The second-order valence-corrected chi connectivity index (χ2v) is 3.47. The third-order valence-electron chi connectivity index (χ3n) is 1.90. The van der Waals surface area contributed by atoms with Gasteiger partial charge in [0.05, 0.1) is 0 Å². The smallest absolute Gasteiger partial charge is 0.268 e. The van der Waals surface area contributed by atoms with Crippen LogP contribution >= 0.6 is 0 Å². The molecule has 0 fully saturated rings. The quantitative estimate of drug-likeness (QED) is 0.632. The Kier molecular flexibility index (Phi) is 3.82. The third-order valence-corrected chi connectivity index (χ3v) is 1.90. The van der Waals surface area contributed by atoms with Crippen molar-refractivity contribution < 1.29 is 9.59 Å². The van der Waals surface area contributed by atoms with E-state index in [1.165, 1.54) is 18.2 Å². The van der Waals surface area contributed by atoms with Crippen LogP contribution in [0.5, 0.6) is 0 Å². The summed E-state index contributed by atoms with van der Waals surface area (Å²) >= 11 is 0. The lowest BCUT2D eigenvalue weighted by molar-refractivity contribution is -0.118. The predicted octanol–water partition coefficient (Wildman–Crippen LogP) is -0.631. The summed E-state index contributed by atoms with van der Waals surface area (Å²) in [5, 5.41) is 2.54. The lowest BCUT2D eigenvalue weighted by Crippen LogP contribution is -2.36. The van der Waals surface area contributed by atoms with Gasteiger partial charge in [-0.1, -0.05) is 6.07 Å². The average Bonchev–Trinajstić information content (AvgIpc) is 2.16. The van der Waals surface area contributed by atoms with E-state index >= 15 is 0 Å². The molecule has 4 N–H and O–H groups in total. The van der Waals surface area contributed by atoms with Gasteiger partial charge in [-0.05, 0) is 13.0 Å². The molecule has 0 radical (unpaired) electrons. The Labute approximate surface area is 91.9 Å². The first-order valence-electron chi connectivity index (χ1n) is 4.77. The van der Waals surface area contributed by atoms with Crippen LogP contribution in [0.15, 0.2) is 23.0 Å². The van der Waals surface area contributed by atoms with Crippen LogP contribution < -0.4 is 16.6 Å². The Morgan fingerprint density at radius 3 is 2.75 bits per heavy atom. The van der Waals surface area contributed by atoms with Crippen LogP contribution in [-0.4, -0.2) is 22.8 Å². The number of nitrogens with two attached hydrogens (primary N) is 1. The zero-order valence-electron chi connectivity index (χ0n) is 8.82. The van der Waals surface area contributed by atoms with Gasteiger partial charge in [0.1, 0.15) is 5.69 Å². The van der Waals surface area contributed by atoms with Crippen molar-refractivity contribution in [3.05, 3.63) is 34.2 Å². The van der Waals surface area contributed by atoms with Gasteiger partial charge in [0.15, 0.2) is 0 Å². The molecule has 6 nitrogen and oxygen atoms in total. The Bertz CT molecular complexity index is 453. The average molecular weight is 223 g/mol. The maximum Gasteiger partial charge on any atom is 0.268 e. The van der Waals surface area contributed by atoms with E-state index in [2.05, 4.69) is 10.3 Å². The van der Waals surface area contributed by atoms with E-state index in [1.807, 2.05) is 0 Å². The molecule has 16 heavy (non-hydrogen) atoms. The van der Waals surface area contributed by atoms with Crippen molar-refractivity contribution in [2.45, 2.75) is 19.4 Å².